The van der Waals surface area contributed by atoms with Crippen molar-refractivity contribution in [2.75, 3.05) is 0 Å². The molecule has 6 nitrogen and oxygen atoms in total. The van der Waals surface area contributed by atoms with E-state index in [1.165, 1.54) is 0 Å². The van der Waals surface area contributed by atoms with Gasteiger partial charge in [0, 0.05) is 11.1 Å². The second kappa shape index (κ2) is 19.2. The van der Waals surface area contributed by atoms with Crippen LogP contribution in [0.4, 0.5) is 0 Å². The Morgan fingerprint density at radius 1 is 0.403 bits per heavy atom. The Bertz CT molecular complexity index is 2950. The van der Waals surface area contributed by atoms with Gasteiger partial charge in [0.05, 0.1) is 23.8 Å². The lowest BCUT2D eigenvalue weighted by atomic mass is 10.0. The molecule has 0 aliphatic carbocycles. The van der Waals surface area contributed by atoms with Crippen LogP contribution in [0.3, 0.4) is 0 Å². The van der Waals surface area contributed by atoms with Crippen LogP contribution in [-0.2, 0) is 51.1 Å². The molecule has 10 rings (SSSR count). The molecule has 2 aliphatic heterocycles. The summed E-state index contributed by atoms with van der Waals surface area (Å²) in [6.07, 6.45) is 5.96. The molecule has 0 spiro atoms. The Kier molecular flexibility index (Phi) is 12.6. The maximum absolute atomic E-state index is 15.6. The van der Waals surface area contributed by atoms with Gasteiger partial charge in [0.15, 0.2) is 11.7 Å². The van der Waals surface area contributed by atoms with Crippen LogP contribution in [0.2, 0.25) is 0 Å². The minimum absolute atomic E-state index is 0.243. The van der Waals surface area contributed by atoms with Crippen molar-refractivity contribution in [2.24, 2.45) is 0 Å². The van der Waals surface area contributed by atoms with E-state index in [1.54, 1.807) is 0 Å². The molecule has 4 unspecified atom stereocenters. The molecule has 0 bridgehead atoms. The zero-order chi connectivity index (χ0) is 45.8. The number of ether oxygens (including phenoxy) is 2. The van der Waals surface area contributed by atoms with Gasteiger partial charge in [-0.1, -0.05) is 182 Å². The number of benzene rings is 8. The van der Waals surface area contributed by atoms with Gasteiger partial charge in [0.2, 0.25) is 0 Å². The summed E-state index contributed by atoms with van der Waals surface area (Å²) < 4.78 is 57.8. The molecule has 0 saturated heterocycles. The summed E-state index contributed by atoms with van der Waals surface area (Å²) in [5, 5.41) is 1.28. The first-order valence-electron chi connectivity index (χ1n) is 22.6. The molecule has 2 heterocycles. The summed E-state index contributed by atoms with van der Waals surface area (Å²) in [5.41, 5.74) is 11.5. The van der Waals surface area contributed by atoms with Gasteiger partial charge < -0.3 is 18.5 Å². The molecule has 0 amide bonds. The minimum Gasteiger partial charge on any atom is -0.437 e. The highest BCUT2D eigenvalue weighted by Gasteiger charge is 2.46. The van der Waals surface area contributed by atoms with E-state index in [9.17, 15) is 0 Å². The molecule has 4 atom stereocenters. The predicted octanol–water partition coefficient (Wildman–Crippen LogP) is 14.5. The van der Waals surface area contributed by atoms with Gasteiger partial charge in [0.1, 0.15) is 11.5 Å². The fraction of sp³-hybridized carbons (Fsp3) is 0.119. The molecule has 8 aromatic carbocycles. The van der Waals surface area contributed by atoms with Crippen LogP contribution in [0.15, 0.2) is 219 Å². The maximum Gasteiger partial charge on any atom is 0.310 e. The highest BCUT2D eigenvalue weighted by Crippen LogP contribution is 2.65. The highest BCUT2D eigenvalue weighted by molar-refractivity contribution is 7.68. The molecular weight excluding hydrogens is 867 g/mol. The molecule has 67 heavy (non-hydrogen) atoms. The van der Waals surface area contributed by atoms with E-state index in [1.807, 2.05) is 158 Å². The van der Waals surface area contributed by atoms with Crippen molar-refractivity contribution < 1.29 is 27.7 Å². The average molecular weight is 917 g/mol. The number of allylic oxidation sites excluding steroid dienone is 2. The smallest absolute Gasteiger partial charge is 0.310 e. The van der Waals surface area contributed by atoms with E-state index in [4.69, 9.17) is 18.5 Å². The SMILES string of the molecule is C=CCc1ccc(COC(c2ccc(Cc3ccc(C(OCc4ccc(CC=C)cc4)P4(=O)Oc5ccccc5-c5ccccc54)cc3)cc2)P2(=O)Oc3ccccc3-c3ccccc32)cc1. The lowest BCUT2D eigenvalue weighted by molar-refractivity contribution is 0.0858. The lowest BCUT2D eigenvalue weighted by Gasteiger charge is -2.34. The molecule has 0 fully saturated rings. The van der Waals surface area contributed by atoms with Gasteiger partial charge in [-0.3, -0.25) is 9.13 Å². The summed E-state index contributed by atoms with van der Waals surface area (Å²) in [4.78, 5) is 0. The van der Waals surface area contributed by atoms with Crippen molar-refractivity contribution in [1.29, 1.82) is 0 Å². The summed E-state index contributed by atoms with van der Waals surface area (Å²) in [7, 11) is -7.39. The van der Waals surface area contributed by atoms with Crippen molar-refractivity contribution in [3.05, 3.63) is 264 Å². The van der Waals surface area contributed by atoms with Crippen LogP contribution in [0.5, 0.6) is 11.5 Å². The quantitative estimate of drug-likeness (QED) is 0.0710. The molecule has 0 radical (unpaired) electrons. The van der Waals surface area contributed by atoms with Crippen molar-refractivity contribution in [3.63, 3.8) is 0 Å². The summed E-state index contributed by atoms with van der Waals surface area (Å²) in [5.74, 6) is -0.614. The van der Waals surface area contributed by atoms with Gasteiger partial charge in [-0.2, -0.15) is 0 Å². The molecule has 0 N–H and O–H groups in total. The van der Waals surface area contributed by atoms with E-state index in [0.29, 0.717) is 28.5 Å². The normalized spacial score (nSPS) is 17.6. The van der Waals surface area contributed by atoms with Gasteiger partial charge in [-0.25, -0.2) is 0 Å². The van der Waals surface area contributed by atoms with Crippen LogP contribution < -0.4 is 19.7 Å². The standard InChI is InChI=1S/C59H50O6P2/c1-3-13-42-23-27-46(28-24-42)40-62-58(66(60)56-21-11-7-17-52(56)50-15-5-9-19-54(50)64-66)48-35-31-44(32-36-48)39-45-33-37-49(38-34-45)59(63-41-47-29-25-43(14-4-2)26-30-47)67(61)57-22-12-8-18-53(57)51-16-6-10-20-55(51)65-67/h3-12,15-38,58-59H,1-2,13-14,39-41H2. The monoisotopic (exact) mass is 916 g/mol. The van der Waals surface area contributed by atoms with Gasteiger partial charge >= 0.3 is 14.7 Å². The third-order valence-corrected chi connectivity index (χ3v) is 17.7. The zero-order valence-corrected chi connectivity index (χ0v) is 38.9. The molecule has 2 aliphatic rings. The third kappa shape index (κ3) is 8.95. The van der Waals surface area contributed by atoms with E-state index in [0.717, 1.165) is 79.6 Å². The Balaban J connectivity index is 0.937. The number of rotatable bonds is 16. The summed E-state index contributed by atoms with van der Waals surface area (Å²) in [6.45, 7) is 8.22. The molecule has 8 aromatic rings. The molecule has 8 heteroatoms. The number of hydrogen-bond donors (Lipinski definition) is 0. The first kappa shape index (κ1) is 44.1. The number of hydrogen-bond acceptors (Lipinski definition) is 6. The van der Waals surface area contributed by atoms with E-state index < -0.39 is 26.4 Å². The first-order valence-corrected chi connectivity index (χ1v) is 26.0. The van der Waals surface area contributed by atoms with Crippen LogP contribution in [0, 0.1) is 0 Å². The summed E-state index contributed by atoms with van der Waals surface area (Å²) >= 11 is 0. The maximum atomic E-state index is 15.6. The zero-order valence-electron chi connectivity index (χ0n) is 37.1. The molecule has 0 aromatic heterocycles. The second-order valence-electron chi connectivity index (χ2n) is 17.0. The average Bonchev–Trinajstić information content (AvgIpc) is 3.36. The lowest BCUT2D eigenvalue weighted by Crippen LogP contribution is -2.23. The second-order valence-corrected chi connectivity index (χ2v) is 21.7. The fourth-order valence-electron chi connectivity index (χ4n) is 9.07. The van der Waals surface area contributed by atoms with Gasteiger partial charge in [0.25, 0.3) is 0 Å². The van der Waals surface area contributed by atoms with Crippen LogP contribution >= 0.6 is 14.7 Å². The van der Waals surface area contributed by atoms with E-state index >= 15 is 9.13 Å². The van der Waals surface area contributed by atoms with E-state index in [-0.39, 0.29) is 13.2 Å². The van der Waals surface area contributed by atoms with Crippen LogP contribution in [0.25, 0.3) is 22.3 Å². The first-order chi connectivity index (χ1) is 32.8. The summed E-state index contributed by atoms with van der Waals surface area (Å²) in [6, 6.07) is 63.8. The fourth-order valence-corrected chi connectivity index (χ4v) is 14.2. The van der Waals surface area contributed by atoms with Crippen molar-refractivity contribution in [3.8, 4) is 33.8 Å². The number of para-hydroxylation sites is 2. The van der Waals surface area contributed by atoms with Crippen molar-refractivity contribution >= 4 is 25.3 Å². The topological polar surface area (TPSA) is 71.1 Å². The Labute approximate surface area is 393 Å². The highest BCUT2D eigenvalue weighted by atomic mass is 31.2. The Hall–Kier alpha value is -6.78. The van der Waals surface area contributed by atoms with E-state index in [2.05, 4.69) is 61.7 Å². The van der Waals surface area contributed by atoms with Crippen molar-refractivity contribution in [1.82, 2.24) is 0 Å². The largest absolute Gasteiger partial charge is 0.437 e. The van der Waals surface area contributed by atoms with Gasteiger partial charge in [-0.15, -0.1) is 13.2 Å². The molecular formula is C59H50O6P2. The predicted molar refractivity (Wildman–Crippen MR) is 271 cm³/mol. The van der Waals surface area contributed by atoms with Crippen LogP contribution in [0.1, 0.15) is 56.2 Å². The van der Waals surface area contributed by atoms with Gasteiger partial charge in [-0.05, 0) is 99.2 Å². The molecule has 332 valence electrons. The molecule has 0 saturated carbocycles. The minimum atomic E-state index is -3.69. The number of fused-ring (bicyclic) bond motifs is 6. The third-order valence-electron chi connectivity index (χ3n) is 12.5. The van der Waals surface area contributed by atoms with Crippen LogP contribution in [-0.4, -0.2) is 0 Å². The Morgan fingerprint density at radius 2 is 0.731 bits per heavy atom. The van der Waals surface area contributed by atoms with Crippen molar-refractivity contribution in [2.45, 2.75) is 44.2 Å². The Morgan fingerprint density at radius 3 is 1.12 bits per heavy atom.